The fraction of sp³-hybridized carbons (Fsp3) is 0.417. The lowest BCUT2D eigenvalue weighted by Gasteiger charge is -2.20. The zero-order valence-corrected chi connectivity index (χ0v) is 8.89. The van der Waals surface area contributed by atoms with Crippen LogP contribution in [0.5, 0.6) is 0 Å². The number of Topliss-reactive ketones (excluding diaryl/α,β-unsaturated/α-hetero) is 1. The molecule has 1 aromatic rings. The Hall–Kier alpha value is -1.71. The summed E-state index contributed by atoms with van der Waals surface area (Å²) in [6, 6.07) is 6.34. The number of carbonyl (C=O) groups excluding carboxylic acids is 1. The van der Waals surface area contributed by atoms with Gasteiger partial charge in [-0.3, -0.25) is 14.9 Å². The second-order valence-corrected chi connectivity index (χ2v) is 4.11. The van der Waals surface area contributed by atoms with Gasteiger partial charge in [-0.1, -0.05) is 18.6 Å². The SMILES string of the molecule is O=C1CCCC[C@H]1c1ccc([N+](=O)[O-])cc1. The highest BCUT2D eigenvalue weighted by molar-refractivity contribution is 5.86. The van der Waals surface area contributed by atoms with Crippen molar-refractivity contribution in [2.45, 2.75) is 31.6 Å². The molecule has 1 fully saturated rings. The molecule has 4 nitrogen and oxygen atoms in total. The zero-order valence-electron chi connectivity index (χ0n) is 8.89. The van der Waals surface area contributed by atoms with E-state index in [-0.39, 0.29) is 17.4 Å². The number of benzene rings is 1. The van der Waals surface area contributed by atoms with E-state index in [1.807, 2.05) is 0 Å². The molecule has 0 radical (unpaired) electrons. The Morgan fingerprint density at radius 2 is 1.88 bits per heavy atom. The third-order valence-corrected chi connectivity index (χ3v) is 3.06. The summed E-state index contributed by atoms with van der Waals surface area (Å²) in [7, 11) is 0. The van der Waals surface area contributed by atoms with Crippen LogP contribution in [-0.4, -0.2) is 10.7 Å². The molecule has 0 N–H and O–H groups in total. The molecule has 0 spiro atoms. The second kappa shape index (κ2) is 4.43. The van der Waals surface area contributed by atoms with E-state index < -0.39 is 4.92 Å². The topological polar surface area (TPSA) is 60.2 Å². The molecule has 0 saturated heterocycles. The van der Waals surface area contributed by atoms with E-state index in [1.54, 1.807) is 12.1 Å². The van der Waals surface area contributed by atoms with Crippen molar-refractivity contribution in [2.24, 2.45) is 0 Å². The Balaban J connectivity index is 2.20. The molecule has 0 aromatic heterocycles. The summed E-state index contributed by atoms with van der Waals surface area (Å²) in [5, 5.41) is 10.5. The molecule has 0 aliphatic heterocycles. The van der Waals surface area contributed by atoms with Crippen molar-refractivity contribution in [1.82, 2.24) is 0 Å². The predicted molar refractivity (Wildman–Crippen MR) is 59.3 cm³/mol. The van der Waals surface area contributed by atoms with Crippen molar-refractivity contribution < 1.29 is 9.72 Å². The van der Waals surface area contributed by atoms with Gasteiger partial charge in [0.25, 0.3) is 5.69 Å². The molecule has 1 saturated carbocycles. The average Bonchev–Trinajstić information content (AvgIpc) is 2.30. The van der Waals surface area contributed by atoms with Crippen molar-refractivity contribution in [1.29, 1.82) is 0 Å². The van der Waals surface area contributed by atoms with Gasteiger partial charge < -0.3 is 0 Å². The summed E-state index contributed by atoms with van der Waals surface area (Å²) in [4.78, 5) is 21.7. The fourth-order valence-electron chi connectivity index (χ4n) is 2.16. The smallest absolute Gasteiger partial charge is 0.269 e. The molecule has 0 amide bonds. The van der Waals surface area contributed by atoms with Gasteiger partial charge in [0.1, 0.15) is 5.78 Å². The summed E-state index contributed by atoms with van der Waals surface area (Å²) in [6.45, 7) is 0. The monoisotopic (exact) mass is 219 g/mol. The summed E-state index contributed by atoms with van der Waals surface area (Å²) < 4.78 is 0. The van der Waals surface area contributed by atoms with Crippen LogP contribution in [0.15, 0.2) is 24.3 Å². The third kappa shape index (κ3) is 2.10. The molecular weight excluding hydrogens is 206 g/mol. The second-order valence-electron chi connectivity index (χ2n) is 4.11. The number of hydrogen-bond donors (Lipinski definition) is 0. The Morgan fingerprint density at radius 3 is 2.44 bits per heavy atom. The highest BCUT2D eigenvalue weighted by atomic mass is 16.6. The minimum Gasteiger partial charge on any atom is -0.299 e. The molecule has 2 rings (SSSR count). The van der Waals surface area contributed by atoms with Crippen LogP contribution in [0.25, 0.3) is 0 Å². The summed E-state index contributed by atoms with van der Waals surface area (Å²) in [5.41, 5.74) is 0.988. The van der Waals surface area contributed by atoms with Gasteiger partial charge in [0, 0.05) is 24.5 Å². The van der Waals surface area contributed by atoms with Crippen LogP contribution in [0.1, 0.15) is 37.2 Å². The van der Waals surface area contributed by atoms with Crippen LogP contribution in [0.3, 0.4) is 0 Å². The molecular formula is C12H13NO3. The van der Waals surface area contributed by atoms with Crippen molar-refractivity contribution in [3.05, 3.63) is 39.9 Å². The molecule has 0 unspecified atom stereocenters. The molecule has 16 heavy (non-hydrogen) atoms. The molecule has 1 aliphatic carbocycles. The van der Waals surface area contributed by atoms with Gasteiger partial charge in [-0.25, -0.2) is 0 Å². The lowest BCUT2D eigenvalue weighted by atomic mass is 9.83. The first-order chi connectivity index (χ1) is 7.68. The fourth-order valence-corrected chi connectivity index (χ4v) is 2.16. The van der Waals surface area contributed by atoms with Gasteiger partial charge in [0.15, 0.2) is 0 Å². The van der Waals surface area contributed by atoms with E-state index in [0.717, 1.165) is 24.8 Å². The molecule has 1 aromatic carbocycles. The first-order valence-corrected chi connectivity index (χ1v) is 5.45. The number of non-ortho nitro benzene ring substituents is 1. The molecule has 0 bridgehead atoms. The number of nitrogens with zero attached hydrogens (tertiary/aromatic N) is 1. The molecule has 4 heteroatoms. The van der Waals surface area contributed by atoms with Crippen LogP contribution in [0.4, 0.5) is 5.69 Å². The average molecular weight is 219 g/mol. The Bertz CT molecular complexity index is 411. The molecule has 1 aliphatic rings. The summed E-state index contributed by atoms with van der Waals surface area (Å²) >= 11 is 0. The Kier molecular flexibility index (Phi) is 2.99. The van der Waals surface area contributed by atoms with Crippen LogP contribution in [-0.2, 0) is 4.79 Å². The van der Waals surface area contributed by atoms with Crippen LogP contribution < -0.4 is 0 Å². The minimum atomic E-state index is -0.424. The number of hydrogen-bond acceptors (Lipinski definition) is 3. The van der Waals surface area contributed by atoms with E-state index in [2.05, 4.69) is 0 Å². The molecule has 1 atom stereocenters. The maximum absolute atomic E-state index is 11.7. The molecule has 0 heterocycles. The van der Waals surface area contributed by atoms with E-state index in [1.165, 1.54) is 12.1 Å². The van der Waals surface area contributed by atoms with Crippen molar-refractivity contribution in [3.8, 4) is 0 Å². The minimum absolute atomic E-state index is 0.0467. The molecule has 84 valence electrons. The number of ketones is 1. The van der Waals surface area contributed by atoms with Gasteiger partial charge >= 0.3 is 0 Å². The van der Waals surface area contributed by atoms with Crippen molar-refractivity contribution >= 4 is 11.5 Å². The number of nitro groups is 1. The van der Waals surface area contributed by atoms with Crippen molar-refractivity contribution in [3.63, 3.8) is 0 Å². The van der Waals surface area contributed by atoms with Crippen molar-refractivity contribution in [2.75, 3.05) is 0 Å². The van der Waals surface area contributed by atoms with Gasteiger partial charge in [-0.05, 0) is 18.4 Å². The maximum Gasteiger partial charge on any atom is 0.269 e. The standard InChI is InChI=1S/C12H13NO3/c14-12-4-2-1-3-11(12)9-5-7-10(8-6-9)13(15)16/h5-8,11H,1-4H2/t11-/m0/s1. The number of rotatable bonds is 2. The first kappa shape index (κ1) is 10.8. The van der Waals surface area contributed by atoms with Gasteiger partial charge in [0.05, 0.1) is 4.92 Å². The highest BCUT2D eigenvalue weighted by Gasteiger charge is 2.23. The first-order valence-electron chi connectivity index (χ1n) is 5.45. The Morgan fingerprint density at radius 1 is 1.19 bits per heavy atom. The number of carbonyl (C=O) groups is 1. The number of nitro benzene ring substituents is 1. The maximum atomic E-state index is 11.7. The van der Waals surface area contributed by atoms with Crippen LogP contribution in [0, 0.1) is 10.1 Å². The van der Waals surface area contributed by atoms with E-state index in [9.17, 15) is 14.9 Å². The summed E-state index contributed by atoms with van der Waals surface area (Å²) in [6.07, 6.45) is 3.55. The zero-order chi connectivity index (χ0) is 11.5. The van der Waals surface area contributed by atoms with Crippen LogP contribution >= 0.6 is 0 Å². The van der Waals surface area contributed by atoms with E-state index in [0.29, 0.717) is 6.42 Å². The van der Waals surface area contributed by atoms with Gasteiger partial charge in [0.2, 0.25) is 0 Å². The quantitative estimate of drug-likeness (QED) is 0.567. The lowest BCUT2D eigenvalue weighted by molar-refractivity contribution is -0.384. The highest BCUT2D eigenvalue weighted by Crippen LogP contribution is 2.30. The lowest BCUT2D eigenvalue weighted by Crippen LogP contribution is -2.16. The third-order valence-electron chi connectivity index (χ3n) is 3.06. The van der Waals surface area contributed by atoms with Gasteiger partial charge in [-0.2, -0.15) is 0 Å². The normalized spacial score (nSPS) is 20.8. The predicted octanol–water partition coefficient (Wildman–Crippen LogP) is 2.82. The summed E-state index contributed by atoms with van der Waals surface area (Å²) in [5.74, 6) is 0.217. The van der Waals surface area contributed by atoms with E-state index in [4.69, 9.17) is 0 Å². The van der Waals surface area contributed by atoms with Crippen LogP contribution in [0.2, 0.25) is 0 Å². The largest absolute Gasteiger partial charge is 0.299 e. The van der Waals surface area contributed by atoms with Gasteiger partial charge in [-0.15, -0.1) is 0 Å². The Labute approximate surface area is 93.4 Å². The van der Waals surface area contributed by atoms with E-state index >= 15 is 0 Å².